The molecule has 3 amide bonds. The Morgan fingerprint density at radius 3 is 2.62 bits per heavy atom. The second-order valence-electron chi connectivity index (χ2n) is 2.92. The maximum Gasteiger partial charge on any atom is 0.321 e. The molecule has 0 bridgehead atoms. The molecule has 0 radical (unpaired) electrons. The first-order valence-electron chi connectivity index (χ1n) is 4.52. The molecule has 0 aliphatic heterocycles. The zero-order chi connectivity index (χ0) is 12.1. The van der Waals surface area contributed by atoms with Crippen LogP contribution in [-0.2, 0) is 4.79 Å². The van der Waals surface area contributed by atoms with E-state index in [0.717, 1.165) is 9.35 Å². The summed E-state index contributed by atoms with van der Waals surface area (Å²) >= 11 is 2.70. The van der Waals surface area contributed by atoms with E-state index in [4.69, 9.17) is 0 Å². The molecule has 0 saturated carbocycles. The normalized spacial score (nSPS) is 11.9. The highest BCUT2D eigenvalue weighted by atomic mass is 32.2. The molecule has 1 atom stereocenters. The second-order valence-corrected chi connectivity index (χ2v) is 5.69. The molecule has 0 spiro atoms. The molecule has 16 heavy (non-hydrogen) atoms. The van der Waals surface area contributed by atoms with Crippen molar-refractivity contribution in [3.05, 3.63) is 5.01 Å². The van der Waals surface area contributed by atoms with Gasteiger partial charge in [0.05, 0.1) is 5.25 Å². The third kappa shape index (κ3) is 3.78. The number of aryl methyl sites for hydroxylation is 1. The summed E-state index contributed by atoms with van der Waals surface area (Å²) in [7, 11) is 1.45. The molecule has 0 aliphatic rings. The van der Waals surface area contributed by atoms with Crippen molar-refractivity contribution >= 4 is 35.0 Å². The van der Waals surface area contributed by atoms with E-state index in [0.29, 0.717) is 0 Å². The van der Waals surface area contributed by atoms with Crippen LogP contribution in [0.15, 0.2) is 4.34 Å². The summed E-state index contributed by atoms with van der Waals surface area (Å²) in [4.78, 5) is 22.4. The van der Waals surface area contributed by atoms with Gasteiger partial charge in [0.15, 0.2) is 4.34 Å². The fourth-order valence-corrected chi connectivity index (χ4v) is 2.77. The monoisotopic (exact) mass is 260 g/mol. The Bertz CT molecular complexity index is 393. The zero-order valence-corrected chi connectivity index (χ0v) is 10.7. The van der Waals surface area contributed by atoms with E-state index >= 15 is 0 Å². The van der Waals surface area contributed by atoms with Gasteiger partial charge < -0.3 is 5.32 Å². The van der Waals surface area contributed by atoms with Crippen LogP contribution in [-0.4, -0.2) is 34.4 Å². The minimum atomic E-state index is -0.508. The molecule has 1 heterocycles. The number of hydrogen-bond acceptors (Lipinski definition) is 6. The number of nitrogens with one attached hydrogen (secondary N) is 2. The summed E-state index contributed by atoms with van der Waals surface area (Å²) in [5.74, 6) is -0.350. The average molecular weight is 260 g/mol. The lowest BCUT2D eigenvalue weighted by Gasteiger charge is -2.08. The molecule has 2 N–H and O–H groups in total. The highest BCUT2D eigenvalue weighted by Crippen LogP contribution is 2.25. The van der Waals surface area contributed by atoms with Crippen molar-refractivity contribution in [2.45, 2.75) is 23.4 Å². The molecule has 8 heteroatoms. The predicted octanol–water partition coefficient (Wildman–Crippen LogP) is 0.783. The van der Waals surface area contributed by atoms with Gasteiger partial charge in [0, 0.05) is 7.05 Å². The second kappa shape index (κ2) is 5.80. The Morgan fingerprint density at radius 1 is 1.44 bits per heavy atom. The molecule has 0 aliphatic carbocycles. The fraction of sp³-hybridized carbons (Fsp3) is 0.500. The van der Waals surface area contributed by atoms with Gasteiger partial charge in [-0.05, 0) is 13.8 Å². The number of imide groups is 1. The number of carbonyl (C=O) groups excluding carboxylic acids is 2. The van der Waals surface area contributed by atoms with E-state index in [9.17, 15) is 9.59 Å². The molecule has 88 valence electrons. The third-order valence-corrected chi connectivity index (χ3v) is 3.64. The average Bonchev–Trinajstić information content (AvgIpc) is 2.63. The van der Waals surface area contributed by atoms with Gasteiger partial charge in [0.2, 0.25) is 5.91 Å². The van der Waals surface area contributed by atoms with E-state index in [1.807, 2.05) is 6.92 Å². The van der Waals surface area contributed by atoms with Crippen molar-refractivity contribution in [3.63, 3.8) is 0 Å². The summed E-state index contributed by atoms with van der Waals surface area (Å²) < 4.78 is 0.719. The molecule has 1 aromatic heterocycles. The largest absolute Gasteiger partial charge is 0.341 e. The van der Waals surface area contributed by atoms with E-state index in [1.165, 1.54) is 30.1 Å². The van der Waals surface area contributed by atoms with Gasteiger partial charge in [-0.1, -0.05) is 23.1 Å². The van der Waals surface area contributed by atoms with Crippen LogP contribution in [0.3, 0.4) is 0 Å². The Labute approximate surface area is 101 Å². The van der Waals surface area contributed by atoms with Crippen LogP contribution in [0.2, 0.25) is 0 Å². The number of nitrogens with zero attached hydrogens (tertiary/aromatic N) is 2. The van der Waals surface area contributed by atoms with Gasteiger partial charge >= 0.3 is 6.03 Å². The number of aromatic nitrogens is 2. The van der Waals surface area contributed by atoms with E-state index in [2.05, 4.69) is 20.8 Å². The van der Waals surface area contributed by atoms with Crippen molar-refractivity contribution < 1.29 is 9.59 Å². The summed E-state index contributed by atoms with van der Waals surface area (Å²) in [6, 6.07) is -0.508. The molecule has 0 saturated heterocycles. The Hall–Kier alpha value is -1.15. The number of thioether (sulfide) groups is 1. The van der Waals surface area contributed by atoms with Gasteiger partial charge in [-0.25, -0.2) is 4.79 Å². The quantitative estimate of drug-likeness (QED) is 0.785. The molecule has 0 fully saturated rings. The van der Waals surface area contributed by atoms with Gasteiger partial charge in [-0.2, -0.15) is 0 Å². The molecule has 1 aromatic rings. The lowest BCUT2D eigenvalue weighted by molar-refractivity contribution is -0.119. The van der Waals surface area contributed by atoms with Crippen LogP contribution >= 0.6 is 23.1 Å². The van der Waals surface area contributed by atoms with Gasteiger partial charge in [-0.15, -0.1) is 10.2 Å². The van der Waals surface area contributed by atoms with Gasteiger partial charge in [0.25, 0.3) is 0 Å². The number of hydrogen-bond donors (Lipinski definition) is 2. The minimum Gasteiger partial charge on any atom is -0.341 e. The minimum absolute atomic E-state index is 0.350. The number of rotatable bonds is 3. The van der Waals surface area contributed by atoms with Crippen LogP contribution < -0.4 is 10.6 Å². The van der Waals surface area contributed by atoms with Crippen LogP contribution in [0, 0.1) is 6.92 Å². The fourth-order valence-electron chi connectivity index (χ4n) is 0.807. The van der Waals surface area contributed by atoms with Crippen molar-refractivity contribution in [1.29, 1.82) is 0 Å². The lowest BCUT2D eigenvalue weighted by atomic mass is 10.4. The number of urea groups is 1. The maximum atomic E-state index is 11.5. The standard InChI is InChI=1S/C8H12N4O2S2/c1-4(6(13)10-7(14)9-3)15-8-12-11-5(2)16-8/h4H,1-3H3,(H2,9,10,13,14)/t4-/m1/s1. The number of carbonyl (C=O) groups is 2. The predicted molar refractivity (Wildman–Crippen MR) is 62.6 cm³/mol. The topological polar surface area (TPSA) is 84.0 Å². The first-order chi connectivity index (χ1) is 7.52. The molecular formula is C8H12N4O2S2. The van der Waals surface area contributed by atoms with Gasteiger partial charge in [0.1, 0.15) is 5.01 Å². The first-order valence-corrected chi connectivity index (χ1v) is 6.22. The molecule has 0 aromatic carbocycles. The Balaban J connectivity index is 2.48. The third-order valence-electron chi connectivity index (χ3n) is 1.62. The molecule has 0 unspecified atom stereocenters. The van der Waals surface area contributed by atoms with E-state index < -0.39 is 6.03 Å². The molecular weight excluding hydrogens is 248 g/mol. The molecule has 6 nitrogen and oxygen atoms in total. The number of amides is 3. The van der Waals surface area contributed by atoms with Crippen molar-refractivity contribution in [1.82, 2.24) is 20.8 Å². The van der Waals surface area contributed by atoms with Crippen molar-refractivity contribution in [2.75, 3.05) is 7.05 Å². The highest BCUT2D eigenvalue weighted by molar-refractivity contribution is 8.02. The van der Waals surface area contributed by atoms with E-state index in [-0.39, 0.29) is 11.2 Å². The SMILES string of the molecule is CNC(=O)NC(=O)[C@@H](C)Sc1nnc(C)s1. The summed E-state index contributed by atoms with van der Waals surface area (Å²) in [5, 5.41) is 12.7. The van der Waals surface area contributed by atoms with Crippen LogP contribution in [0.1, 0.15) is 11.9 Å². The van der Waals surface area contributed by atoms with Crippen molar-refractivity contribution in [3.8, 4) is 0 Å². The Morgan fingerprint density at radius 2 is 2.12 bits per heavy atom. The van der Waals surface area contributed by atoms with Crippen LogP contribution in [0.5, 0.6) is 0 Å². The van der Waals surface area contributed by atoms with Crippen LogP contribution in [0.4, 0.5) is 4.79 Å². The Kier molecular flexibility index (Phi) is 4.69. The smallest absolute Gasteiger partial charge is 0.321 e. The summed E-state index contributed by atoms with van der Waals surface area (Å²) in [6.45, 7) is 3.55. The van der Waals surface area contributed by atoms with Crippen molar-refractivity contribution in [2.24, 2.45) is 0 Å². The highest BCUT2D eigenvalue weighted by Gasteiger charge is 2.18. The van der Waals surface area contributed by atoms with E-state index in [1.54, 1.807) is 6.92 Å². The first kappa shape index (κ1) is 12.9. The zero-order valence-electron chi connectivity index (χ0n) is 9.10. The summed E-state index contributed by atoms with van der Waals surface area (Å²) in [5.41, 5.74) is 0. The lowest BCUT2D eigenvalue weighted by Crippen LogP contribution is -2.41. The van der Waals surface area contributed by atoms with Gasteiger partial charge in [-0.3, -0.25) is 10.1 Å². The molecule has 1 rings (SSSR count). The maximum absolute atomic E-state index is 11.5. The summed E-state index contributed by atoms with van der Waals surface area (Å²) in [6.07, 6.45) is 0. The van der Waals surface area contributed by atoms with Crippen LogP contribution in [0.25, 0.3) is 0 Å².